The summed E-state index contributed by atoms with van der Waals surface area (Å²) in [6.45, 7) is 4.30. The van der Waals surface area contributed by atoms with E-state index in [1.807, 2.05) is 0 Å². The zero-order chi connectivity index (χ0) is 45.5. The Hall–Kier alpha value is -0.920. The van der Waals surface area contributed by atoms with Gasteiger partial charge in [0.1, 0.15) is 42.7 Å². The minimum Gasteiger partial charge on any atom is -0.457 e. The molecule has 1 aliphatic rings. The van der Waals surface area contributed by atoms with E-state index in [9.17, 15) is 39.8 Å². The van der Waals surface area contributed by atoms with E-state index in [4.69, 9.17) is 18.5 Å². The minimum atomic E-state index is -5.01. The van der Waals surface area contributed by atoms with Gasteiger partial charge in [0.15, 0.2) is 0 Å². The van der Waals surface area contributed by atoms with Crippen LogP contribution < -0.4 is 0 Å². The van der Waals surface area contributed by atoms with Gasteiger partial charge in [0, 0.05) is 13.0 Å². The largest absolute Gasteiger partial charge is 0.472 e. The molecule has 12 nitrogen and oxygen atoms in total. The Morgan fingerprint density at radius 1 is 0.500 bits per heavy atom. The lowest BCUT2D eigenvalue weighted by Gasteiger charge is -2.41. The molecule has 0 heterocycles. The molecule has 6 unspecified atom stereocenters. The van der Waals surface area contributed by atoms with E-state index in [1.165, 1.54) is 167 Å². The van der Waals surface area contributed by atoms with Crippen molar-refractivity contribution in [3.8, 4) is 0 Å². The molecule has 0 aliphatic heterocycles. The van der Waals surface area contributed by atoms with Gasteiger partial charge < -0.3 is 39.9 Å². The highest BCUT2D eigenvalue weighted by molar-refractivity contribution is 7.47. The van der Waals surface area contributed by atoms with Gasteiger partial charge >= 0.3 is 13.8 Å². The Morgan fingerprint density at radius 3 is 1.27 bits per heavy atom. The maximum Gasteiger partial charge on any atom is 0.472 e. The van der Waals surface area contributed by atoms with Gasteiger partial charge in [-0.15, -0.1) is 0 Å². The predicted molar refractivity (Wildman–Crippen MR) is 249 cm³/mol. The number of phosphoric ester groups is 1. The fourth-order valence-corrected chi connectivity index (χ4v) is 9.03. The SMILES string of the molecule is CCCCCCCCCC/C=C\CCCCCCCCCCCC(=O)OC(COCCCCCCCCCCCCCCCC)COP(=O)(O)OC1C(O)C(O)C(O)C(O)C1O. The molecule has 1 aliphatic carbocycles. The van der Waals surface area contributed by atoms with Gasteiger partial charge in [-0.2, -0.15) is 0 Å². The number of hydrogen-bond donors (Lipinski definition) is 6. The van der Waals surface area contributed by atoms with Gasteiger partial charge in [-0.3, -0.25) is 13.8 Å². The molecule has 62 heavy (non-hydrogen) atoms. The number of unbranched alkanes of at least 4 members (excludes halogenated alkanes) is 30. The summed E-state index contributed by atoms with van der Waals surface area (Å²) in [6, 6.07) is 0. The van der Waals surface area contributed by atoms with Crippen molar-refractivity contribution in [2.75, 3.05) is 19.8 Å². The summed E-state index contributed by atoms with van der Waals surface area (Å²) >= 11 is 0. The second kappa shape index (κ2) is 40.4. The van der Waals surface area contributed by atoms with Gasteiger partial charge in [-0.25, -0.2) is 4.57 Å². The Bertz CT molecular complexity index is 1080. The van der Waals surface area contributed by atoms with E-state index in [-0.39, 0.29) is 13.0 Å². The number of rotatable bonds is 44. The third-order valence-electron chi connectivity index (χ3n) is 12.1. The third kappa shape index (κ3) is 31.9. The minimum absolute atomic E-state index is 0.0713. The van der Waals surface area contributed by atoms with Crippen molar-refractivity contribution < 1.29 is 58.3 Å². The molecule has 1 fully saturated rings. The predicted octanol–water partition coefficient (Wildman–Crippen LogP) is 11.1. The molecule has 0 aromatic rings. The molecule has 0 radical (unpaired) electrons. The number of esters is 1. The van der Waals surface area contributed by atoms with Crippen molar-refractivity contribution in [2.24, 2.45) is 0 Å². The van der Waals surface area contributed by atoms with Crippen molar-refractivity contribution in [1.82, 2.24) is 0 Å². The zero-order valence-electron chi connectivity index (χ0n) is 39.4. The topological polar surface area (TPSA) is 192 Å². The summed E-state index contributed by atoms with van der Waals surface area (Å²) in [5.74, 6) is -0.474. The maximum atomic E-state index is 12.8. The van der Waals surface area contributed by atoms with E-state index in [0.29, 0.717) is 13.0 Å². The summed E-state index contributed by atoms with van der Waals surface area (Å²) in [5, 5.41) is 50.2. The molecule has 0 amide bonds. The van der Waals surface area contributed by atoms with Gasteiger partial charge in [-0.05, 0) is 38.5 Å². The molecule has 1 rings (SSSR count). The van der Waals surface area contributed by atoms with Crippen molar-refractivity contribution in [3.05, 3.63) is 12.2 Å². The summed E-state index contributed by atoms with van der Waals surface area (Å²) < 4.78 is 34.3. The summed E-state index contributed by atoms with van der Waals surface area (Å²) in [5.41, 5.74) is 0. The van der Waals surface area contributed by atoms with E-state index in [0.717, 1.165) is 38.5 Å². The highest BCUT2D eigenvalue weighted by Gasteiger charge is 2.51. The summed E-state index contributed by atoms with van der Waals surface area (Å²) in [4.78, 5) is 23.2. The van der Waals surface area contributed by atoms with Gasteiger partial charge in [0.2, 0.25) is 0 Å². The molecule has 0 aromatic carbocycles. The van der Waals surface area contributed by atoms with Crippen molar-refractivity contribution in [2.45, 2.75) is 275 Å². The Kier molecular flexibility index (Phi) is 38.5. The Morgan fingerprint density at radius 2 is 0.855 bits per heavy atom. The average molecular weight is 907 g/mol. The van der Waals surface area contributed by atoms with Crippen LogP contribution in [-0.4, -0.2) is 98.9 Å². The highest BCUT2D eigenvalue weighted by atomic mass is 31.2. The second-order valence-electron chi connectivity index (χ2n) is 18.0. The normalized spacial score (nSPS) is 22.0. The first-order valence-electron chi connectivity index (χ1n) is 25.5. The van der Waals surface area contributed by atoms with E-state index >= 15 is 0 Å². The van der Waals surface area contributed by atoms with Gasteiger partial charge in [0.25, 0.3) is 0 Å². The third-order valence-corrected chi connectivity index (χ3v) is 13.1. The lowest BCUT2D eigenvalue weighted by atomic mass is 9.85. The van der Waals surface area contributed by atoms with E-state index in [2.05, 4.69) is 26.0 Å². The molecule has 0 spiro atoms. The molecule has 368 valence electrons. The molecule has 6 atom stereocenters. The van der Waals surface area contributed by atoms with Crippen LogP contribution in [0.15, 0.2) is 12.2 Å². The summed E-state index contributed by atoms with van der Waals surface area (Å²) in [6.07, 6.45) is 32.8. The standard InChI is InChI=1S/C49H95O12P/c1-3-5-7-9-11-13-15-17-19-20-21-22-23-24-25-26-28-30-32-34-36-38-43(50)60-42(40-58-39-37-35-33-31-29-27-18-16-14-12-10-8-6-4-2)41-59-62(56,57)61-49-47(54)45(52)44(51)46(53)48(49)55/h20-21,42,44-49,51-55H,3-19,22-41H2,1-2H3,(H,56,57)/b21-20-. The fraction of sp³-hybridized carbons (Fsp3) is 0.939. The van der Waals surface area contributed by atoms with Crippen LogP contribution in [0.2, 0.25) is 0 Å². The van der Waals surface area contributed by atoms with Gasteiger partial charge in [0.05, 0.1) is 13.2 Å². The van der Waals surface area contributed by atoms with Crippen LogP contribution in [0.25, 0.3) is 0 Å². The number of carbonyl (C=O) groups is 1. The molecule has 13 heteroatoms. The molecule has 0 bridgehead atoms. The number of phosphoric acid groups is 1. The van der Waals surface area contributed by atoms with Crippen LogP contribution in [0, 0.1) is 0 Å². The zero-order valence-corrected chi connectivity index (χ0v) is 40.3. The Balaban J connectivity index is 2.32. The van der Waals surface area contributed by atoms with Crippen LogP contribution in [0.4, 0.5) is 0 Å². The monoisotopic (exact) mass is 907 g/mol. The Labute approximate surface area is 377 Å². The lowest BCUT2D eigenvalue weighted by molar-refractivity contribution is -0.220. The van der Waals surface area contributed by atoms with Crippen LogP contribution >= 0.6 is 7.82 Å². The first-order chi connectivity index (χ1) is 30.0. The van der Waals surface area contributed by atoms with Crippen molar-refractivity contribution in [3.63, 3.8) is 0 Å². The molecular formula is C49H95O12P. The van der Waals surface area contributed by atoms with Crippen LogP contribution in [0.3, 0.4) is 0 Å². The smallest absolute Gasteiger partial charge is 0.457 e. The molecule has 0 aromatic heterocycles. The fourth-order valence-electron chi connectivity index (χ4n) is 8.06. The first-order valence-corrected chi connectivity index (χ1v) is 27.0. The lowest BCUT2D eigenvalue weighted by Crippen LogP contribution is -2.64. The van der Waals surface area contributed by atoms with Crippen LogP contribution in [-0.2, 0) is 27.9 Å². The van der Waals surface area contributed by atoms with Crippen molar-refractivity contribution >= 4 is 13.8 Å². The molecule has 6 N–H and O–H groups in total. The molecule has 1 saturated carbocycles. The number of ether oxygens (including phenoxy) is 2. The van der Waals surface area contributed by atoms with Crippen LogP contribution in [0.5, 0.6) is 0 Å². The van der Waals surface area contributed by atoms with Crippen molar-refractivity contribution in [1.29, 1.82) is 0 Å². The number of allylic oxidation sites excluding steroid dienone is 2. The number of carbonyl (C=O) groups excluding carboxylic acids is 1. The molecule has 0 saturated heterocycles. The highest BCUT2D eigenvalue weighted by Crippen LogP contribution is 2.47. The average Bonchev–Trinajstić information content (AvgIpc) is 3.26. The quantitative estimate of drug-likeness (QED) is 0.0147. The van der Waals surface area contributed by atoms with E-state index < -0.39 is 63.1 Å². The maximum absolute atomic E-state index is 12.8. The first kappa shape index (κ1) is 59.1. The van der Waals surface area contributed by atoms with Crippen LogP contribution in [0.1, 0.15) is 232 Å². The number of hydrogen-bond acceptors (Lipinski definition) is 11. The number of aliphatic hydroxyl groups excluding tert-OH is 5. The second-order valence-corrected chi connectivity index (χ2v) is 19.4. The summed E-state index contributed by atoms with van der Waals surface area (Å²) in [7, 11) is -5.01. The van der Waals surface area contributed by atoms with E-state index in [1.54, 1.807) is 0 Å². The number of aliphatic hydroxyl groups is 5. The van der Waals surface area contributed by atoms with Gasteiger partial charge in [-0.1, -0.05) is 199 Å². The molecular weight excluding hydrogens is 812 g/mol.